The van der Waals surface area contributed by atoms with Gasteiger partial charge in [0.05, 0.1) is 0 Å². The van der Waals surface area contributed by atoms with E-state index in [1.54, 1.807) is 0 Å². The van der Waals surface area contributed by atoms with Gasteiger partial charge in [-0.15, -0.1) is 0 Å². The number of rotatable bonds is 2. The van der Waals surface area contributed by atoms with Crippen LogP contribution in [0.2, 0.25) is 0 Å². The minimum Gasteiger partial charge on any atom is -0.0999 e. The number of allylic oxidation sites excluding steroid dienone is 1. The zero-order valence-electron chi connectivity index (χ0n) is 6.06. The van der Waals surface area contributed by atoms with Crippen molar-refractivity contribution in [3.05, 3.63) is 12.2 Å². The molecular formula is C9H14. The first kappa shape index (κ1) is 5.52. The molecule has 0 bridgehead atoms. The molecule has 2 unspecified atom stereocenters. The lowest BCUT2D eigenvalue weighted by Gasteiger charge is -1.92. The van der Waals surface area contributed by atoms with Gasteiger partial charge in [0.15, 0.2) is 0 Å². The van der Waals surface area contributed by atoms with Crippen molar-refractivity contribution in [3.8, 4) is 0 Å². The van der Waals surface area contributed by atoms with E-state index >= 15 is 0 Å². The zero-order valence-corrected chi connectivity index (χ0v) is 6.06. The molecule has 2 fully saturated rings. The maximum absolute atomic E-state index is 3.98. The average Bonchev–Trinajstić information content (AvgIpc) is 2.60. The molecule has 0 N–H and O–H groups in total. The van der Waals surface area contributed by atoms with Crippen molar-refractivity contribution in [1.29, 1.82) is 0 Å². The van der Waals surface area contributed by atoms with E-state index in [2.05, 4.69) is 13.5 Å². The Balaban J connectivity index is 1.87. The van der Waals surface area contributed by atoms with Gasteiger partial charge in [-0.1, -0.05) is 12.2 Å². The number of hydrogen-bond donors (Lipinski definition) is 0. The van der Waals surface area contributed by atoms with E-state index in [1.807, 2.05) is 0 Å². The van der Waals surface area contributed by atoms with Crippen LogP contribution in [0, 0.1) is 17.8 Å². The Hall–Kier alpha value is -0.260. The van der Waals surface area contributed by atoms with Gasteiger partial charge in [0, 0.05) is 0 Å². The van der Waals surface area contributed by atoms with Gasteiger partial charge in [-0.3, -0.25) is 0 Å². The Morgan fingerprint density at radius 3 is 2.44 bits per heavy atom. The number of hydrogen-bond acceptors (Lipinski definition) is 0. The highest BCUT2D eigenvalue weighted by atomic mass is 14.5. The molecule has 0 spiro atoms. The van der Waals surface area contributed by atoms with Crippen LogP contribution in [-0.2, 0) is 0 Å². The van der Waals surface area contributed by atoms with E-state index in [1.165, 1.54) is 24.8 Å². The van der Waals surface area contributed by atoms with Crippen LogP contribution in [0.3, 0.4) is 0 Å². The van der Waals surface area contributed by atoms with Crippen LogP contribution in [0.25, 0.3) is 0 Å². The van der Waals surface area contributed by atoms with E-state index in [0.717, 1.165) is 17.8 Å². The summed E-state index contributed by atoms with van der Waals surface area (Å²) in [6, 6.07) is 0. The lowest BCUT2D eigenvalue weighted by Crippen LogP contribution is -1.83. The Bertz CT molecular complexity index is 142. The van der Waals surface area contributed by atoms with Gasteiger partial charge in [-0.2, -0.15) is 0 Å². The molecule has 0 heterocycles. The normalized spacial score (nSPS) is 40.6. The van der Waals surface area contributed by atoms with Crippen molar-refractivity contribution in [2.24, 2.45) is 17.8 Å². The quantitative estimate of drug-likeness (QED) is 0.494. The van der Waals surface area contributed by atoms with E-state index in [9.17, 15) is 0 Å². The predicted molar refractivity (Wildman–Crippen MR) is 39.1 cm³/mol. The maximum atomic E-state index is 3.98. The molecule has 0 aromatic heterocycles. The smallest absolute Gasteiger partial charge is 0.0175 e. The molecule has 0 aliphatic heterocycles. The Morgan fingerprint density at radius 2 is 2.11 bits per heavy atom. The van der Waals surface area contributed by atoms with Crippen LogP contribution < -0.4 is 0 Å². The zero-order chi connectivity index (χ0) is 6.43. The SMILES string of the molecule is C=C(C)C1CC1C1CC1. The molecule has 2 aliphatic rings. The van der Waals surface area contributed by atoms with Crippen molar-refractivity contribution in [2.75, 3.05) is 0 Å². The van der Waals surface area contributed by atoms with Crippen molar-refractivity contribution >= 4 is 0 Å². The second-order valence-electron chi connectivity index (χ2n) is 3.69. The molecule has 2 saturated carbocycles. The van der Waals surface area contributed by atoms with Crippen LogP contribution in [0.5, 0.6) is 0 Å². The highest BCUT2D eigenvalue weighted by Crippen LogP contribution is 2.56. The first-order valence-corrected chi connectivity index (χ1v) is 3.94. The standard InChI is InChI=1S/C9H14/c1-6(2)8-5-9(8)7-3-4-7/h7-9H,1,3-5H2,2H3. The summed E-state index contributed by atoms with van der Waals surface area (Å²) in [5.74, 6) is 3.12. The first-order valence-electron chi connectivity index (χ1n) is 3.94. The molecular weight excluding hydrogens is 108 g/mol. The van der Waals surface area contributed by atoms with Gasteiger partial charge in [0.25, 0.3) is 0 Å². The van der Waals surface area contributed by atoms with Crippen molar-refractivity contribution in [2.45, 2.75) is 26.2 Å². The molecule has 0 amide bonds. The fraction of sp³-hybridized carbons (Fsp3) is 0.778. The second-order valence-corrected chi connectivity index (χ2v) is 3.69. The Labute approximate surface area is 57.0 Å². The largest absolute Gasteiger partial charge is 0.0999 e. The molecule has 0 saturated heterocycles. The van der Waals surface area contributed by atoms with E-state index in [-0.39, 0.29) is 0 Å². The molecule has 0 aromatic rings. The third-order valence-corrected chi connectivity index (χ3v) is 2.70. The fourth-order valence-corrected chi connectivity index (χ4v) is 1.83. The Kier molecular flexibility index (Phi) is 0.992. The van der Waals surface area contributed by atoms with Gasteiger partial charge in [0.2, 0.25) is 0 Å². The summed E-state index contributed by atoms with van der Waals surface area (Å²) in [5, 5.41) is 0. The first-order chi connectivity index (χ1) is 4.29. The van der Waals surface area contributed by atoms with Crippen LogP contribution in [0.15, 0.2) is 12.2 Å². The molecule has 2 rings (SSSR count). The van der Waals surface area contributed by atoms with Crippen molar-refractivity contribution < 1.29 is 0 Å². The molecule has 0 radical (unpaired) electrons. The summed E-state index contributed by atoms with van der Waals surface area (Å²) >= 11 is 0. The van der Waals surface area contributed by atoms with Crippen LogP contribution in [0.1, 0.15) is 26.2 Å². The van der Waals surface area contributed by atoms with Crippen LogP contribution in [0.4, 0.5) is 0 Å². The summed E-state index contributed by atoms with van der Waals surface area (Å²) in [4.78, 5) is 0. The maximum Gasteiger partial charge on any atom is -0.0175 e. The third-order valence-electron chi connectivity index (χ3n) is 2.70. The fourth-order valence-electron chi connectivity index (χ4n) is 1.83. The summed E-state index contributed by atoms with van der Waals surface area (Å²) in [6.45, 7) is 6.15. The van der Waals surface area contributed by atoms with E-state index in [4.69, 9.17) is 0 Å². The monoisotopic (exact) mass is 122 g/mol. The summed E-state index contributed by atoms with van der Waals surface area (Å²) < 4.78 is 0. The van der Waals surface area contributed by atoms with Gasteiger partial charge >= 0.3 is 0 Å². The average molecular weight is 122 g/mol. The minimum absolute atomic E-state index is 0.928. The van der Waals surface area contributed by atoms with Gasteiger partial charge in [0.1, 0.15) is 0 Å². The molecule has 2 atom stereocenters. The molecule has 50 valence electrons. The van der Waals surface area contributed by atoms with Gasteiger partial charge < -0.3 is 0 Å². The molecule has 2 aliphatic carbocycles. The molecule has 0 nitrogen and oxygen atoms in total. The Morgan fingerprint density at radius 1 is 1.44 bits per heavy atom. The third kappa shape index (κ3) is 0.910. The lowest BCUT2D eigenvalue weighted by atomic mass is 10.1. The summed E-state index contributed by atoms with van der Waals surface area (Å²) in [7, 11) is 0. The van der Waals surface area contributed by atoms with E-state index < -0.39 is 0 Å². The van der Waals surface area contributed by atoms with Gasteiger partial charge in [-0.05, 0) is 43.9 Å². The molecule has 0 aromatic carbocycles. The van der Waals surface area contributed by atoms with Crippen molar-refractivity contribution in [1.82, 2.24) is 0 Å². The summed E-state index contributed by atoms with van der Waals surface area (Å²) in [6.07, 6.45) is 4.48. The summed E-state index contributed by atoms with van der Waals surface area (Å²) in [5.41, 5.74) is 1.42. The van der Waals surface area contributed by atoms with E-state index in [0.29, 0.717) is 0 Å². The highest BCUT2D eigenvalue weighted by Gasteiger charge is 2.47. The van der Waals surface area contributed by atoms with Crippen LogP contribution >= 0.6 is 0 Å². The topological polar surface area (TPSA) is 0 Å². The van der Waals surface area contributed by atoms with Crippen molar-refractivity contribution in [3.63, 3.8) is 0 Å². The predicted octanol–water partition coefficient (Wildman–Crippen LogP) is 2.61. The lowest BCUT2D eigenvalue weighted by molar-refractivity contribution is 0.669. The van der Waals surface area contributed by atoms with Crippen LogP contribution in [-0.4, -0.2) is 0 Å². The minimum atomic E-state index is 0.928. The second kappa shape index (κ2) is 1.62. The van der Waals surface area contributed by atoms with Gasteiger partial charge in [-0.25, -0.2) is 0 Å². The molecule has 0 heteroatoms. The highest BCUT2D eigenvalue weighted by molar-refractivity contribution is 5.12. The molecule has 9 heavy (non-hydrogen) atoms.